The smallest absolute Gasteiger partial charge is 0.149 e. The van der Waals surface area contributed by atoms with E-state index >= 15 is 0 Å². The summed E-state index contributed by atoms with van der Waals surface area (Å²) in [5, 5.41) is 3.01. The number of hydrogen-bond acceptors (Lipinski definition) is 2. The van der Waals surface area contributed by atoms with Crippen molar-refractivity contribution in [2.24, 2.45) is 5.92 Å². The van der Waals surface area contributed by atoms with Gasteiger partial charge in [0.2, 0.25) is 0 Å². The fraction of sp³-hybridized carbons (Fsp3) is 0.600. The lowest BCUT2D eigenvalue weighted by atomic mass is 9.90. The van der Waals surface area contributed by atoms with E-state index in [4.69, 9.17) is 0 Å². The molecule has 0 radical (unpaired) electrons. The van der Waals surface area contributed by atoms with Gasteiger partial charge in [0.05, 0.1) is 0 Å². The van der Waals surface area contributed by atoms with Crippen molar-refractivity contribution in [3.05, 3.63) is 29.8 Å². The number of hydrogen-bond donors (Lipinski definition) is 1. The topological polar surface area (TPSA) is 15.3 Å². The summed E-state index contributed by atoms with van der Waals surface area (Å²) in [6, 6.07) is 4.06. The minimum absolute atomic E-state index is 0.00733. The highest BCUT2D eigenvalue weighted by molar-refractivity contribution is 5.46. The monoisotopic (exact) mass is 268 g/mol. The second-order valence-corrected chi connectivity index (χ2v) is 5.30. The third kappa shape index (κ3) is 3.44. The fourth-order valence-electron chi connectivity index (χ4n) is 2.75. The molecule has 1 aliphatic heterocycles. The predicted molar refractivity (Wildman–Crippen MR) is 74.3 cm³/mol. The Balaban J connectivity index is 1.96. The zero-order valence-electron chi connectivity index (χ0n) is 11.6. The van der Waals surface area contributed by atoms with Crippen molar-refractivity contribution in [3.8, 4) is 0 Å². The van der Waals surface area contributed by atoms with Crippen LogP contribution in [0.1, 0.15) is 26.7 Å². The molecule has 0 saturated carbocycles. The van der Waals surface area contributed by atoms with Crippen LogP contribution in [0.5, 0.6) is 0 Å². The highest BCUT2D eigenvalue weighted by Crippen LogP contribution is 2.25. The maximum absolute atomic E-state index is 13.6. The maximum Gasteiger partial charge on any atom is 0.149 e. The Labute approximate surface area is 113 Å². The van der Waals surface area contributed by atoms with E-state index in [0.717, 1.165) is 32.5 Å². The molecule has 1 aromatic carbocycles. The third-order valence-corrected chi connectivity index (χ3v) is 4.12. The Bertz CT molecular complexity index is 394. The second-order valence-electron chi connectivity index (χ2n) is 5.30. The number of nitrogens with one attached hydrogen (secondary N) is 1. The molecule has 1 aromatic rings. The summed E-state index contributed by atoms with van der Waals surface area (Å²) >= 11 is 0. The van der Waals surface area contributed by atoms with Gasteiger partial charge in [0.25, 0.3) is 0 Å². The minimum atomic E-state index is -0.516. The first kappa shape index (κ1) is 14.3. The van der Waals surface area contributed by atoms with Crippen LogP contribution in [0.15, 0.2) is 18.2 Å². The Morgan fingerprint density at radius 3 is 2.37 bits per heavy atom. The summed E-state index contributed by atoms with van der Waals surface area (Å²) in [6.07, 6.45) is 2.16. The highest BCUT2D eigenvalue weighted by Gasteiger charge is 2.24. The molecule has 19 heavy (non-hydrogen) atoms. The van der Waals surface area contributed by atoms with Crippen LogP contribution in [0.3, 0.4) is 0 Å². The van der Waals surface area contributed by atoms with E-state index in [-0.39, 0.29) is 11.7 Å². The van der Waals surface area contributed by atoms with Gasteiger partial charge in [-0.1, -0.05) is 13.0 Å². The van der Waals surface area contributed by atoms with Gasteiger partial charge < -0.3 is 10.2 Å². The lowest BCUT2D eigenvalue weighted by molar-refractivity contribution is 0.183. The number of anilines is 1. The average Bonchev–Trinajstić information content (AvgIpc) is 2.43. The molecular weight excluding hydrogens is 246 g/mol. The summed E-state index contributed by atoms with van der Waals surface area (Å²) in [6.45, 7) is 7.41. The first-order chi connectivity index (χ1) is 9.11. The number of piperidine rings is 1. The maximum atomic E-state index is 13.6. The van der Waals surface area contributed by atoms with E-state index < -0.39 is 11.6 Å². The van der Waals surface area contributed by atoms with Crippen molar-refractivity contribution in [1.29, 1.82) is 0 Å². The van der Waals surface area contributed by atoms with E-state index in [1.807, 2.05) is 6.92 Å². The molecule has 4 heteroatoms. The van der Waals surface area contributed by atoms with Crippen LogP contribution in [0.2, 0.25) is 0 Å². The first-order valence-electron chi connectivity index (χ1n) is 7.04. The van der Waals surface area contributed by atoms with E-state index in [0.29, 0.717) is 5.92 Å². The molecule has 0 aromatic heterocycles. The Morgan fingerprint density at radius 1 is 1.26 bits per heavy atom. The molecule has 1 fully saturated rings. The quantitative estimate of drug-likeness (QED) is 0.899. The van der Waals surface area contributed by atoms with Gasteiger partial charge in [0.15, 0.2) is 0 Å². The van der Waals surface area contributed by atoms with E-state index in [1.54, 1.807) is 0 Å². The highest BCUT2D eigenvalue weighted by atomic mass is 19.1. The lowest BCUT2D eigenvalue weighted by Crippen LogP contribution is -2.39. The number of likely N-dealkylation sites (tertiary alicyclic amines) is 1. The number of rotatable bonds is 4. The van der Waals surface area contributed by atoms with E-state index in [9.17, 15) is 8.78 Å². The molecular formula is C15H22F2N2. The van der Waals surface area contributed by atoms with Gasteiger partial charge in [-0.15, -0.1) is 0 Å². The van der Waals surface area contributed by atoms with Crippen LogP contribution in [0, 0.1) is 17.6 Å². The third-order valence-electron chi connectivity index (χ3n) is 4.12. The van der Waals surface area contributed by atoms with Crippen LogP contribution in [-0.4, -0.2) is 30.6 Å². The SMILES string of the molecule is CCN1CCC(C(C)Nc2c(F)cccc2F)CC1. The summed E-state index contributed by atoms with van der Waals surface area (Å²) in [5.41, 5.74) is 0.00733. The van der Waals surface area contributed by atoms with Gasteiger partial charge in [-0.05, 0) is 57.5 Å². The molecule has 0 amide bonds. The second kappa shape index (κ2) is 6.33. The molecule has 0 aliphatic carbocycles. The molecule has 0 bridgehead atoms. The normalized spacial score (nSPS) is 19.4. The zero-order valence-corrected chi connectivity index (χ0v) is 11.6. The van der Waals surface area contributed by atoms with Gasteiger partial charge in [-0.3, -0.25) is 0 Å². The first-order valence-corrected chi connectivity index (χ1v) is 7.04. The van der Waals surface area contributed by atoms with Gasteiger partial charge in [0, 0.05) is 6.04 Å². The van der Waals surface area contributed by atoms with Crippen molar-refractivity contribution in [3.63, 3.8) is 0 Å². The molecule has 106 valence electrons. The standard InChI is InChI=1S/C15H22F2N2/c1-3-19-9-7-12(8-10-19)11(2)18-15-13(16)5-4-6-14(15)17/h4-6,11-12,18H,3,7-10H2,1-2H3. The summed E-state index contributed by atoms with van der Waals surface area (Å²) in [7, 11) is 0. The van der Waals surface area contributed by atoms with Crippen LogP contribution in [-0.2, 0) is 0 Å². The van der Waals surface area contributed by atoms with Crippen LogP contribution in [0.25, 0.3) is 0 Å². The van der Waals surface area contributed by atoms with Crippen molar-refractivity contribution in [2.75, 3.05) is 25.0 Å². The zero-order chi connectivity index (χ0) is 13.8. The van der Waals surface area contributed by atoms with Crippen molar-refractivity contribution >= 4 is 5.69 Å². The summed E-state index contributed by atoms with van der Waals surface area (Å²) in [5.74, 6) is -0.558. The van der Waals surface area contributed by atoms with Crippen LogP contribution >= 0.6 is 0 Å². The van der Waals surface area contributed by atoms with Crippen molar-refractivity contribution < 1.29 is 8.78 Å². The van der Waals surface area contributed by atoms with E-state index in [1.165, 1.54) is 18.2 Å². The van der Waals surface area contributed by atoms with Crippen molar-refractivity contribution in [1.82, 2.24) is 4.90 Å². The van der Waals surface area contributed by atoms with Gasteiger partial charge in [-0.25, -0.2) is 8.78 Å². The number of nitrogens with zero attached hydrogens (tertiary/aromatic N) is 1. The Hall–Kier alpha value is -1.16. The Morgan fingerprint density at radius 2 is 1.84 bits per heavy atom. The van der Waals surface area contributed by atoms with Gasteiger partial charge in [0.1, 0.15) is 17.3 Å². The molecule has 1 N–H and O–H groups in total. The fourth-order valence-corrected chi connectivity index (χ4v) is 2.75. The number of para-hydroxylation sites is 1. The largest absolute Gasteiger partial charge is 0.378 e. The van der Waals surface area contributed by atoms with E-state index in [2.05, 4.69) is 17.1 Å². The minimum Gasteiger partial charge on any atom is -0.378 e. The van der Waals surface area contributed by atoms with Crippen LogP contribution < -0.4 is 5.32 Å². The number of halogens is 2. The molecule has 2 nitrogen and oxygen atoms in total. The summed E-state index contributed by atoms with van der Waals surface area (Å²) < 4.78 is 27.2. The average molecular weight is 268 g/mol. The number of benzene rings is 1. The predicted octanol–water partition coefficient (Wildman–Crippen LogP) is 3.50. The molecule has 1 saturated heterocycles. The van der Waals surface area contributed by atoms with Crippen LogP contribution in [0.4, 0.5) is 14.5 Å². The molecule has 0 spiro atoms. The van der Waals surface area contributed by atoms with Gasteiger partial charge in [-0.2, -0.15) is 0 Å². The van der Waals surface area contributed by atoms with Gasteiger partial charge >= 0.3 is 0 Å². The molecule has 1 aliphatic rings. The lowest BCUT2D eigenvalue weighted by Gasteiger charge is -2.34. The van der Waals surface area contributed by atoms with Crippen molar-refractivity contribution in [2.45, 2.75) is 32.7 Å². The molecule has 1 unspecified atom stereocenters. The molecule has 1 atom stereocenters. The molecule has 2 rings (SSSR count). The summed E-state index contributed by atoms with van der Waals surface area (Å²) in [4.78, 5) is 2.41. The Kier molecular flexibility index (Phi) is 4.75. The molecule has 1 heterocycles.